The first-order chi connectivity index (χ1) is 17.4. The number of nitrogens with zero attached hydrogens (tertiary/aromatic N) is 2. The molecule has 0 fully saturated rings. The van der Waals surface area contributed by atoms with Gasteiger partial charge in [0.05, 0.1) is 27.9 Å². The minimum absolute atomic E-state index is 0.0870. The van der Waals surface area contributed by atoms with Crippen LogP contribution in [0.5, 0.6) is 11.5 Å². The molecule has 5 nitrogen and oxygen atoms in total. The van der Waals surface area contributed by atoms with Gasteiger partial charge in [-0.3, -0.25) is 9.36 Å². The molecule has 0 spiro atoms. The molecular weight excluding hydrogens is 604 g/mol. The van der Waals surface area contributed by atoms with Crippen molar-refractivity contribution >= 4 is 55.0 Å². The van der Waals surface area contributed by atoms with Gasteiger partial charge in [0, 0.05) is 15.6 Å². The summed E-state index contributed by atoms with van der Waals surface area (Å²) < 4.78 is 9.04. The molecule has 1 aromatic heterocycles. The molecule has 6 rings (SSSR count). The third-order valence-electron chi connectivity index (χ3n) is 6.65. The topological polar surface area (TPSA) is 63.8 Å². The number of thiazole rings is 1. The summed E-state index contributed by atoms with van der Waals surface area (Å²) in [7, 11) is 1.65. The van der Waals surface area contributed by atoms with E-state index in [9.17, 15) is 9.90 Å². The Labute approximate surface area is 228 Å². The van der Waals surface area contributed by atoms with E-state index in [4.69, 9.17) is 9.73 Å². The third kappa shape index (κ3) is 3.88. The lowest BCUT2D eigenvalue weighted by atomic mass is 9.83. The molecule has 0 unspecified atom stereocenters. The van der Waals surface area contributed by atoms with Crippen LogP contribution in [0.25, 0.3) is 11.8 Å². The Hall–Kier alpha value is -2.94. The van der Waals surface area contributed by atoms with Gasteiger partial charge in [-0.2, -0.15) is 0 Å². The van der Waals surface area contributed by atoms with E-state index in [1.54, 1.807) is 29.9 Å². The van der Waals surface area contributed by atoms with Crippen molar-refractivity contribution in [2.24, 2.45) is 4.99 Å². The number of ether oxygens (including phenoxy) is 1. The zero-order valence-electron chi connectivity index (χ0n) is 19.2. The predicted octanol–water partition coefficient (Wildman–Crippen LogP) is 5.56. The molecule has 2 aliphatic rings. The molecule has 1 atom stereocenters. The van der Waals surface area contributed by atoms with Gasteiger partial charge in [-0.25, -0.2) is 4.99 Å². The Morgan fingerprint density at radius 3 is 2.67 bits per heavy atom. The summed E-state index contributed by atoms with van der Waals surface area (Å²) in [5, 5.41) is 10.6. The molecule has 3 aromatic carbocycles. The van der Waals surface area contributed by atoms with Crippen LogP contribution in [0.2, 0.25) is 0 Å². The van der Waals surface area contributed by atoms with Crippen molar-refractivity contribution in [3.05, 3.63) is 117 Å². The van der Waals surface area contributed by atoms with Crippen LogP contribution >= 0.6 is 43.2 Å². The van der Waals surface area contributed by atoms with Gasteiger partial charge in [-0.1, -0.05) is 63.7 Å². The standard InChI is InChI=1S/C28H20Br2N2O3S/c1-35-19-9-6-16(7-10-19)25-21-11-8-15-4-2-3-5-20(15)24(21)31-28-32(25)27(34)23(36-28)13-17-12-18(29)14-22(30)26(17)33/h2-7,9-10,12-14,25,33H,8,11H2,1H3/b23-13+/t25-/m0/s1. The second-order valence-electron chi connectivity index (χ2n) is 8.71. The van der Waals surface area contributed by atoms with Crippen LogP contribution in [0.3, 0.4) is 0 Å². The SMILES string of the molecule is COc1ccc([C@H]2C3=C(N=c4s/c(=C/c5cc(Br)cc(Br)c5O)c(=O)n42)c2ccccc2CC3)cc1. The number of phenols is 1. The van der Waals surface area contributed by atoms with Crippen molar-refractivity contribution < 1.29 is 9.84 Å². The number of halogens is 2. The van der Waals surface area contributed by atoms with E-state index < -0.39 is 0 Å². The maximum Gasteiger partial charge on any atom is 0.271 e. The number of phenolic OH excluding ortho intramolecular Hbond substituents is 1. The highest BCUT2D eigenvalue weighted by atomic mass is 79.9. The summed E-state index contributed by atoms with van der Waals surface area (Å²) in [6, 6.07) is 19.6. The number of hydrogen-bond acceptors (Lipinski definition) is 5. The summed E-state index contributed by atoms with van der Waals surface area (Å²) in [4.78, 5) is 19.5. The molecule has 1 aliphatic heterocycles. The number of allylic oxidation sites excluding steroid dienone is 1. The highest BCUT2D eigenvalue weighted by Gasteiger charge is 2.32. The van der Waals surface area contributed by atoms with Crippen LogP contribution in [-0.2, 0) is 6.42 Å². The monoisotopic (exact) mass is 622 g/mol. The predicted molar refractivity (Wildman–Crippen MR) is 149 cm³/mol. The Morgan fingerprint density at radius 1 is 1.11 bits per heavy atom. The van der Waals surface area contributed by atoms with Gasteiger partial charge in [0.25, 0.3) is 5.56 Å². The summed E-state index contributed by atoms with van der Waals surface area (Å²) in [6.07, 6.45) is 3.47. The number of hydrogen-bond donors (Lipinski definition) is 1. The highest BCUT2D eigenvalue weighted by molar-refractivity contribution is 9.11. The Kier molecular flexibility index (Phi) is 5.98. The van der Waals surface area contributed by atoms with Crippen molar-refractivity contribution in [1.82, 2.24) is 4.57 Å². The molecule has 0 bridgehead atoms. The lowest BCUT2D eigenvalue weighted by Crippen LogP contribution is -2.38. The largest absolute Gasteiger partial charge is 0.506 e. The summed E-state index contributed by atoms with van der Waals surface area (Å²) >= 11 is 8.19. The Bertz CT molecular complexity index is 1740. The number of aromatic nitrogens is 1. The van der Waals surface area contributed by atoms with Gasteiger partial charge in [-0.05, 0) is 75.8 Å². The number of aryl methyl sites for hydroxylation is 1. The molecule has 0 saturated carbocycles. The van der Waals surface area contributed by atoms with Crippen molar-refractivity contribution in [3.8, 4) is 11.5 Å². The first kappa shape index (κ1) is 23.5. The van der Waals surface area contributed by atoms with Gasteiger partial charge in [0.15, 0.2) is 4.80 Å². The molecule has 1 N–H and O–H groups in total. The normalized spacial score (nSPS) is 16.8. The fourth-order valence-electron chi connectivity index (χ4n) is 4.95. The van der Waals surface area contributed by atoms with Crippen molar-refractivity contribution in [1.29, 1.82) is 0 Å². The van der Waals surface area contributed by atoms with Crippen LogP contribution in [0.1, 0.15) is 34.7 Å². The maximum atomic E-state index is 13.9. The summed E-state index contributed by atoms with van der Waals surface area (Å²) in [6.45, 7) is 0. The lowest BCUT2D eigenvalue weighted by Gasteiger charge is -2.30. The maximum absolute atomic E-state index is 13.9. The number of rotatable bonds is 3. The van der Waals surface area contributed by atoms with Crippen molar-refractivity contribution in [2.45, 2.75) is 18.9 Å². The van der Waals surface area contributed by atoms with Crippen molar-refractivity contribution in [2.75, 3.05) is 7.11 Å². The van der Waals surface area contributed by atoms with E-state index in [-0.39, 0.29) is 17.4 Å². The van der Waals surface area contributed by atoms with Gasteiger partial charge in [0.2, 0.25) is 0 Å². The number of benzene rings is 3. The molecular formula is C28H20Br2N2O3S. The second kappa shape index (κ2) is 9.18. The van der Waals surface area contributed by atoms with Gasteiger partial charge in [-0.15, -0.1) is 0 Å². The van der Waals surface area contributed by atoms with Gasteiger partial charge >= 0.3 is 0 Å². The fourth-order valence-corrected chi connectivity index (χ4v) is 7.20. The van der Waals surface area contributed by atoms with E-state index in [1.165, 1.54) is 16.9 Å². The number of aromatic hydroxyl groups is 1. The van der Waals surface area contributed by atoms with Gasteiger partial charge < -0.3 is 9.84 Å². The third-order valence-corrected chi connectivity index (χ3v) is 8.69. The molecule has 8 heteroatoms. The van der Waals surface area contributed by atoms with E-state index >= 15 is 0 Å². The Morgan fingerprint density at radius 2 is 1.89 bits per heavy atom. The molecule has 1 aliphatic carbocycles. The van der Waals surface area contributed by atoms with Crippen LogP contribution in [0.4, 0.5) is 0 Å². The molecule has 0 radical (unpaired) electrons. The number of fused-ring (bicyclic) bond motifs is 3. The molecule has 36 heavy (non-hydrogen) atoms. The number of methoxy groups -OCH3 is 1. The second-order valence-corrected chi connectivity index (χ2v) is 11.5. The average Bonchev–Trinajstić information content (AvgIpc) is 3.20. The van der Waals surface area contributed by atoms with E-state index in [0.29, 0.717) is 19.4 Å². The van der Waals surface area contributed by atoms with Crippen molar-refractivity contribution in [3.63, 3.8) is 0 Å². The zero-order chi connectivity index (χ0) is 25.0. The van der Waals surface area contributed by atoms with Gasteiger partial charge in [0.1, 0.15) is 11.5 Å². The Balaban J connectivity index is 1.62. The van der Waals surface area contributed by atoms with Crippen LogP contribution in [0.15, 0.2) is 85.0 Å². The van der Waals surface area contributed by atoms with E-state index in [2.05, 4.69) is 50.1 Å². The molecule has 0 amide bonds. The summed E-state index contributed by atoms with van der Waals surface area (Å²) in [5.74, 6) is 0.856. The minimum Gasteiger partial charge on any atom is -0.506 e. The molecule has 180 valence electrons. The first-order valence-electron chi connectivity index (χ1n) is 11.4. The lowest BCUT2D eigenvalue weighted by molar-refractivity contribution is 0.414. The summed E-state index contributed by atoms with van der Waals surface area (Å²) in [5.41, 5.74) is 5.94. The molecule has 0 saturated heterocycles. The molecule has 4 aromatic rings. The zero-order valence-corrected chi connectivity index (χ0v) is 23.2. The molecule has 2 heterocycles. The first-order valence-corrected chi connectivity index (χ1v) is 13.8. The quantitative estimate of drug-likeness (QED) is 0.325. The fraction of sp³-hybridized carbons (Fsp3) is 0.143. The minimum atomic E-state index is -0.263. The van der Waals surface area contributed by atoms with E-state index in [1.807, 2.05) is 30.3 Å². The van der Waals surface area contributed by atoms with Crippen LogP contribution < -0.4 is 19.6 Å². The van der Waals surface area contributed by atoms with Crippen LogP contribution in [0, 0.1) is 0 Å². The van der Waals surface area contributed by atoms with Crippen LogP contribution in [-0.4, -0.2) is 16.8 Å². The smallest absolute Gasteiger partial charge is 0.271 e. The highest BCUT2D eigenvalue weighted by Crippen LogP contribution is 2.41. The average molecular weight is 624 g/mol. The van der Waals surface area contributed by atoms with E-state index in [0.717, 1.165) is 45.5 Å².